The first-order chi connectivity index (χ1) is 10.00. The Labute approximate surface area is 130 Å². The van der Waals surface area contributed by atoms with Crippen molar-refractivity contribution in [2.75, 3.05) is 0 Å². The minimum atomic E-state index is -0.0673. The normalized spacial score (nSPS) is 54.7. The zero-order chi connectivity index (χ0) is 14.8. The Hall–Kier alpha value is -0.300. The third-order valence-corrected chi connectivity index (χ3v) is 8.27. The summed E-state index contributed by atoms with van der Waals surface area (Å²) in [5, 5.41) is 10.5. The molecule has 0 aromatic heterocycles. The molecule has 1 N–H and O–H groups in total. The second-order valence-electron chi connectivity index (χ2n) is 9.17. The Morgan fingerprint density at radius 1 is 1.00 bits per heavy atom. The highest BCUT2D eigenvalue weighted by atomic mass is 16.3. The summed E-state index contributed by atoms with van der Waals surface area (Å²) in [5.41, 5.74) is 0.310. The van der Waals surface area contributed by atoms with Crippen LogP contribution in [0.1, 0.15) is 59.3 Å². The zero-order valence-corrected chi connectivity index (χ0v) is 14.0. The van der Waals surface area contributed by atoms with Crippen LogP contribution in [-0.2, 0) is 0 Å². The highest BCUT2D eigenvalue weighted by Gasteiger charge is 2.56. The maximum Gasteiger partial charge on any atom is 0.0573 e. The molecule has 118 valence electrons. The zero-order valence-electron chi connectivity index (χ0n) is 14.0. The Kier molecular flexibility index (Phi) is 3.30. The van der Waals surface area contributed by atoms with Crippen LogP contribution in [0.25, 0.3) is 0 Å². The van der Waals surface area contributed by atoms with Gasteiger partial charge >= 0.3 is 0 Å². The fourth-order valence-corrected chi connectivity index (χ4v) is 6.99. The van der Waals surface area contributed by atoms with Crippen molar-refractivity contribution < 1.29 is 5.11 Å². The van der Waals surface area contributed by atoms with Gasteiger partial charge in [-0.3, -0.25) is 0 Å². The van der Waals surface area contributed by atoms with Crippen LogP contribution in [0.15, 0.2) is 12.2 Å². The van der Waals surface area contributed by atoms with Crippen molar-refractivity contribution >= 4 is 0 Å². The largest absolute Gasteiger partial charge is 0.393 e. The first kappa shape index (κ1) is 14.3. The molecule has 0 saturated heterocycles. The van der Waals surface area contributed by atoms with Crippen LogP contribution in [0.5, 0.6) is 0 Å². The number of fused-ring (bicyclic) bond motifs is 5. The summed E-state index contributed by atoms with van der Waals surface area (Å²) in [6.45, 7) is 7.21. The molecule has 8 unspecified atom stereocenters. The molecule has 0 radical (unpaired) electrons. The van der Waals surface area contributed by atoms with E-state index in [0.717, 1.165) is 41.9 Å². The van der Waals surface area contributed by atoms with E-state index >= 15 is 0 Å². The van der Waals surface area contributed by atoms with Crippen molar-refractivity contribution in [3.8, 4) is 0 Å². The van der Waals surface area contributed by atoms with E-state index in [0.29, 0.717) is 11.3 Å². The SMILES string of the molecule is CC1C(O)CC2CCC3C4CC=CC4CCC3C2C1(C)C. The number of allylic oxidation sites excluding steroid dienone is 2. The minimum absolute atomic E-state index is 0.0673. The van der Waals surface area contributed by atoms with Gasteiger partial charge in [-0.2, -0.15) is 0 Å². The lowest BCUT2D eigenvalue weighted by Crippen LogP contribution is -2.55. The molecule has 0 aromatic carbocycles. The fraction of sp³-hybridized carbons (Fsp3) is 0.900. The highest BCUT2D eigenvalue weighted by Crippen LogP contribution is 2.62. The van der Waals surface area contributed by atoms with Crippen LogP contribution in [0, 0.1) is 46.8 Å². The van der Waals surface area contributed by atoms with Gasteiger partial charge in [0, 0.05) is 0 Å². The molecular formula is C20H32O. The van der Waals surface area contributed by atoms with E-state index in [1.54, 1.807) is 0 Å². The maximum absolute atomic E-state index is 10.5. The van der Waals surface area contributed by atoms with Crippen molar-refractivity contribution in [3.05, 3.63) is 12.2 Å². The molecule has 21 heavy (non-hydrogen) atoms. The van der Waals surface area contributed by atoms with E-state index in [4.69, 9.17) is 0 Å². The summed E-state index contributed by atoms with van der Waals surface area (Å²) in [7, 11) is 0. The lowest BCUT2D eigenvalue weighted by Gasteiger charge is -2.60. The lowest BCUT2D eigenvalue weighted by atomic mass is 9.46. The van der Waals surface area contributed by atoms with E-state index in [1.807, 2.05) is 0 Å². The topological polar surface area (TPSA) is 20.2 Å². The fourth-order valence-electron chi connectivity index (χ4n) is 6.99. The van der Waals surface area contributed by atoms with Gasteiger partial charge in [0.2, 0.25) is 0 Å². The van der Waals surface area contributed by atoms with E-state index in [-0.39, 0.29) is 6.10 Å². The first-order valence-corrected chi connectivity index (χ1v) is 9.35. The molecule has 0 heterocycles. The number of aliphatic hydroxyl groups is 1. The van der Waals surface area contributed by atoms with E-state index in [9.17, 15) is 5.11 Å². The van der Waals surface area contributed by atoms with Gasteiger partial charge < -0.3 is 5.11 Å². The standard InChI is InChI=1S/C20H32O/c1-12-18(21)11-14-8-9-16-15-6-4-5-13(15)7-10-17(16)19(14)20(12,2)3/h4-5,12-19,21H,6-11H2,1-3H3. The molecule has 4 aliphatic rings. The van der Waals surface area contributed by atoms with E-state index in [1.165, 1.54) is 32.1 Å². The van der Waals surface area contributed by atoms with Crippen molar-refractivity contribution in [2.45, 2.75) is 65.4 Å². The number of hydrogen-bond donors (Lipinski definition) is 1. The molecule has 4 aliphatic carbocycles. The first-order valence-electron chi connectivity index (χ1n) is 9.35. The average Bonchev–Trinajstić information content (AvgIpc) is 2.93. The molecule has 1 nitrogen and oxygen atoms in total. The molecule has 1 heteroatoms. The summed E-state index contributed by atoms with van der Waals surface area (Å²) < 4.78 is 0. The predicted octanol–water partition coefficient (Wildman–Crippen LogP) is 4.66. The predicted molar refractivity (Wildman–Crippen MR) is 86.7 cm³/mol. The monoisotopic (exact) mass is 288 g/mol. The Morgan fingerprint density at radius 3 is 2.57 bits per heavy atom. The van der Waals surface area contributed by atoms with Crippen LogP contribution in [0.2, 0.25) is 0 Å². The third-order valence-electron chi connectivity index (χ3n) is 8.27. The molecule has 0 amide bonds. The maximum atomic E-state index is 10.5. The molecule has 0 spiro atoms. The van der Waals surface area contributed by atoms with Crippen molar-refractivity contribution in [2.24, 2.45) is 46.8 Å². The summed E-state index contributed by atoms with van der Waals surface area (Å²) in [4.78, 5) is 0. The van der Waals surface area contributed by atoms with Gasteiger partial charge in [-0.05, 0) is 85.4 Å². The van der Waals surface area contributed by atoms with Crippen molar-refractivity contribution in [1.29, 1.82) is 0 Å². The third kappa shape index (κ3) is 1.99. The summed E-state index contributed by atoms with van der Waals surface area (Å²) in [6.07, 6.45) is 13.0. The number of hydrogen-bond acceptors (Lipinski definition) is 1. The smallest absolute Gasteiger partial charge is 0.0573 e. The Balaban J connectivity index is 1.64. The summed E-state index contributed by atoms with van der Waals surface area (Å²) in [5.74, 6) is 5.88. The van der Waals surface area contributed by atoms with Gasteiger partial charge in [-0.1, -0.05) is 32.9 Å². The molecule has 0 aromatic rings. The van der Waals surface area contributed by atoms with Gasteiger partial charge in [0.15, 0.2) is 0 Å². The van der Waals surface area contributed by atoms with E-state index < -0.39 is 0 Å². The average molecular weight is 288 g/mol. The van der Waals surface area contributed by atoms with Gasteiger partial charge in [-0.25, -0.2) is 0 Å². The molecule has 0 aliphatic heterocycles. The molecule has 4 rings (SSSR count). The molecule has 3 saturated carbocycles. The highest BCUT2D eigenvalue weighted by molar-refractivity contribution is 5.10. The Morgan fingerprint density at radius 2 is 1.76 bits per heavy atom. The van der Waals surface area contributed by atoms with Gasteiger partial charge in [0.25, 0.3) is 0 Å². The minimum Gasteiger partial charge on any atom is -0.393 e. The Bertz CT molecular complexity index is 437. The summed E-state index contributed by atoms with van der Waals surface area (Å²) in [6, 6.07) is 0. The second-order valence-corrected chi connectivity index (χ2v) is 9.17. The lowest BCUT2D eigenvalue weighted by molar-refractivity contribution is -0.138. The molecule has 0 bridgehead atoms. The molecule has 8 atom stereocenters. The van der Waals surface area contributed by atoms with E-state index in [2.05, 4.69) is 32.9 Å². The van der Waals surface area contributed by atoms with Crippen LogP contribution >= 0.6 is 0 Å². The van der Waals surface area contributed by atoms with Crippen LogP contribution in [0.4, 0.5) is 0 Å². The quantitative estimate of drug-likeness (QED) is 0.643. The van der Waals surface area contributed by atoms with Gasteiger partial charge in [0.1, 0.15) is 0 Å². The van der Waals surface area contributed by atoms with Crippen LogP contribution in [0.3, 0.4) is 0 Å². The summed E-state index contributed by atoms with van der Waals surface area (Å²) >= 11 is 0. The van der Waals surface area contributed by atoms with Crippen LogP contribution in [-0.4, -0.2) is 11.2 Å². The van der Waals surface area contributed by atoms with Crippen molar-refractivity contribution in [1.82, 2.24) is 0 Å². The molecular weight excluding hydrogens is 256 g/mol. The van der Waals surface area contributed by atoms with Gasteiger partial charge in [0.05, 0.1) is 6.10 Å². The molecule has 3 fully saturated rings. The second kappa shape index (κ2) is 4.85. The van der Waals surface area contributed by atoms with Crippen molar-refractivity contribution in [3.63, 3.8) is 0 Å². The van der Waals surface area contributed by atoms with Gasteiger partial charge in [-0.15, -0.1) is 0 Å². The van der Waals surface area contributed by atoms with Crippen LogP contribution < -0.4 is 0 Å². The number of aliphatic hydroxyl groups excluding tert-OH is 1. The number of rotatable bonds is 0.